The lowest BCUT2D eigenvalue weighted by atomic mass is 10.2. The highest BCUT2D eigenvalue weighted by molar-refractivity contribution is 7.76. The Bertz CT molecular complexity index is 809. The van der Waals surface area contributed by atoms with E-state index in [9.17, 15) is 13.9 Å². The third kappa shape index (κ3) is 4.37. The number of imidazole rings is 1. The number of nitrogens with one attached hydrogen (secondary N) is 2. The topological polar surface area (TPSA) is 128 Å². The Balaban J connectivity index is 1.93. The Labute approximate surface area is 160 Å². The van der Waals surface area contributed by atoms with Gasteiger partial charge in [0.2, 0.25) is 17.2 Å². The summed E-state index contributed by atoms with van der Waals surface area (Å²) in [5.74, 6) is 1.01. The van der Waals surface area contributed by atoms with E-state index in [1.165, 1.54) is 4.31 Å². The molecule has 10 nitrogen and oxygen atoms in total. The van der Waals surface area contributed by atoms with Gasteiger partial charge >= 0.3 is 0 Å². The first-order valence-electron chi connectivity index (χ1n) is 9.17. The van der Waals surface area contributed by atoms with E-state index in [1.807, 2.05) is 11.5 Å². The predicted octanol–water partition coefficient (Wildman–Crippen LogP) is 1.21. The zero-order chi connectivity index (χ0) is 19.6. The van der Waals surface area contributed by atoms with Gasteiger partial charge in [0.05, 0.1) is 19.0 Å². The SMILES string of the molecule is CCC(CO)Nc1nc(NC2CCN(S(=O)O)C2)c2ncn(C(C)C)c2n1. The maximum atomic E-state index is 11.3. The number of nitrogens with zero attached hydrogens (tertiary/aromatic N) is 5. The van der Waals surface area contributed by atoms with Crippen LogP contribution in [-0.4, -0.2) is 69.5 Å². The minimum absolute atomic E-state index is 0.00364. The summed E-state index contributed by atoms with van der Waals surface area (Å²) < 4.78 is 24.0. The van der Waals surface area contributed by atoms with Crippen molar-refractivity contribution in [3.05, 3.63) is 6.33 Å². The van der Waals surface area contributed by atoms with Crippen LogP contribution in [0.3, 0.4) is 0 Å². The maximum Gasteiger partial charge on any atom is 0.234 e. The summed E-state index contributed by atoms with van der Waals surface area (Å²) in [6.45, 7) is 7.07. The van der Waals surface area contributed by atoms with Gasteiger partial charge < -0.3 is 20.3 Å². The molecule has 0 saturated carbocycles. The standard InChI is InChI=1S/C16H27N7O3S/c1-4-11(8-24)19-16-20-14(18-12-5-6-22(7-12)27(25)26)13-15(21-16)23(9-17-13)10(2)3/h9-12,24H,4-8H2,1-3H3,(H,25,26)(H2,18,19,20,21). The Kier molecular flexibility index (Phi) is 6.25. The zero-order valence-electron chi connectivity index (χ0n) is 15.8. The number of aliphatic hydroxyl groups is 1. The number of aliphatic hydroxyl groups excluding tert-OH is 1. The molecule has 3 unspecified atom stereocenters. The lowest BCUT2D eigenvalue weighted by Gasteiger charge is -2.18. The Morgan fingerprint density at radius 3 is 2.78 bits per heavy atom. The molecular formula is C16H27N7O3S. The first kappa shape index (κ1) is 19.9. The summed E-state index contributed by atoms with van der Waals surface area (Å²) in [6, 6.07) is 0.0461. The van der Waals surface area contributed by atoms with E-state index in [0.29, 0.717) is 36.0 Å². The molecule has 0 amide bonds. The van der Waals surface area contributed by atoms with Gasteiger partial charge in [0.15, 0.2) is 17.0 Å². The van der Waals surface area contributed by atoms with Crippen LogP contribution in [0.15, 0.2) is 6.33 Å². The van der Waals surface area contributed by atoms with Gasteiger partial charge in [0.25, 0.3) is 0 Å². The number of aromatic nitrogens is 4. The summed E-state index contributed by atoms with van der Waals surface area (Å²) in [7, 11) is 0. The van der Waals surface area contributed by atoms with Crippen molar-refractivity contribution in [3.8, 4) is 0 Å². The average molecular weight is 398 g/mol. The van der Waals surface area contributed by atoms with Crippen molar-refractivity contribution in [1.29, 1.82) is 0 Å². The lowest BCUT2D eigenvalue weighted by Crippen LogP contribution is -2.28. The smallest absolute Gasteiger partial charge is 0.234 e. The minimum Gasteiger partial charge on any atom is -0.394 e. The fourth-order valence-corrected chi connectivity index (χ4v) is 3.67. The van der Waals surface area contributed by atoms with Crippen molar-refractivity contribution in [1.82, 2.24) is 23.8 Å². The largest absolute Gasteiger partial charge is 0.394 e. The first-order chi connectivity index (χ1) is 12.9. The Hall–Kier alpha value is -1.82. The molecule has 0 aliphatic carbocycles. The number of rotatable bonds is 8. The molecule has 0 bridgehead atoms. The molecule has 1 aliphatic rings. The summed E-state index contributed by atoms with van der Waals surface area (Å²) in [6.07, 6.45) is 3.22. The van der Waals surface area contributed by atoms with Gasteiger partial charge in [-0.15, -0.1) is 0 Å². The average Bonchev–Trinajstić information content (AvgIpc) is 3.26. The van der Waals surface area contributed by atoms with Crippen molar-refractivity contribution in [2.24, 2.45) is 0 Å². The van der Waals surface area contributed by atoms with Gasteiger partial charge in [-0.1, -0.05) is 6.92 Å². The second-order valence-electron chi connectivity index (χ2n) is 6.99. The monoisotopic (exact) mass is 397 g/mol. The Morgan fingerprint density at radius 1 is 1.41 bits per heavy atom. The van der Waals surface area contributed by atoms with Crippen molar-refractivity contribution >= 4 is 34.2 Å². The number of hydrogen-bond donors (Lipinski definition) is 4. The van der Waals surface area contributed by atoms with E-state index in [2.05, 4.69) is 39.4 Å². The molecule has 11 heteroatoms. The van der Waals surface area contributed by atoms with Crippen LogP contribution in [0.1, 0.15) is 39.7 Å². The quantitative estimate of drug-likeness (QED) is 0.489. The fraction of sp³-hybridized carbons (Fsp3) is 0.688. The number of anilines is 2. The Morgan fingerprint density at radius 2 is 2.19 bits per heavy atom. The maximum absolute atomic E-state index is 11.3. The summed E-state index contributed by atoms with van der Waals surface area (Å²) in [5.41, 5.74) is 1.37. The van der Waals surface area contributed by atoms with E-state index >= 15 is 0 Å². The van der Waals surface area contributed by atoms with Gasteiger partial charge in [0, 0.05) is 25.2 Å². The van der Waals surface area contributed by atoms with Crippen LogP contribution < -0.4 is 10.6 Å². The van der Waals surface area contributed by atoms with E-state index < -0.39 is 11.3 Å². The molecule has 3 rings (SSSR count). The molecular weight excluding hydrogens is 370 g/mol. The van der Waals surface area contributed by atoms with Crippen molar-refractivity contribution in [3.63, 3.8) is 0 Å². The molecule has 0 radical (unpaired) electrons. The molecule has 150 valence electrons. The number of fused-ring (bicyclic) bond motifs is 1. The molecule has 1 aliphatic heterocycles. The van der Waals surface area contributed by atoms with Crippen LogP contribution in [-0.2, 0) is 11.3 Å². The van der Waals surface area contributed by atoms with Crippen molar-refractivity contribution < 1.29 is 13.9 Å². The fourth-order valence-electron chi connectivity index (χ4n) is 3.10. The van der Waals surface area contributed by atoms with Gasteiger partial charge in [-0.05, 0) is 26.7 Å². The summed E-state index contributed by atoms with van der Waals surface area (Å²) in [5, 5.41) is 16.0. The van der Waals surface area contributed by atoms with E-state index in [4.69, 9.17) is 0 Å². The minimum atomic E-state index is -1.96. The van der Waals surface area contributed by atoms with E-state index in [0.717, 1.165) is 12.8 Å². The highest BCUT2D eigenvalue weighted by atomic mass is 32.2. The van der Waals surface area contributed by atoms with Crippen molar-refractivity contribution in [2.45, 2.75) is 51.7 Å². The molecule has 1 fully saturated rings. The molecule has 3 atom stereocenters. The third-order valence-electron chi connectivity index (χ3n) is 4.74. The van der Waals surface area contributed by atoms with Crippen LogP contribution in [0.2, 0.25) is 0 Å². The summed E-state index contributed by atoms with van der Waals surface area (Å²) >= 11 is -1.96. The molecule has 0 spiro atoms. The highest BCUT2D eigenvalue weighted by Crippen LogP contribution is 2.25. The molecule has 4 N–H and O–H groups in total. The molecule has 2 aromatic heterocycles. The first-order valence-corrected chi connectivity index (χ1v) is 10.2. The second kappa shape index (κ2) is 8.46. The normalized spacial score (nSPS) is 20.3. The highest BCUT2D eigenvalue weighted by Gasteiger charge is 2.27. The van der Waals surface area contributed by atoms with Gasteiger partial charge in [0.1, 0.15) is 0 Å². The van der Waals surface area contributed by atoms with Crippen LogP contribution >= 0.6 is 0 Å². The van der Waals surface area contributed by atoms with Crippen LogP contribution in [0.5, 0.6) is 0 Å². The van der Waals surface area contributed by atoms with Crippen LogP contribution in [0.25, 0.3) is 11.2 Å². The van der Waals surface area contributed by atoms with E-state index in [1.54, 1.807) is 6.33 Å². The van der Waals surface area contributed by atoms with Crippen LogP contribution in [0, 0.1) is 0 Å². The van der Waals surface area contributed by atoms with Crippen LogP contribution in [0.4, 0.5) is 11.8 Å². The molecule has 27 heavy (non-hydrogen) atoms. The van der Waals surface area contributed by atoms with Crippen molar-refractivity contribution in [2.75, 3.05) is 30.3 Å². The van der Waals surface area contributed by atoms with Gasteiger partial charge in [-0.25, -0.2) is 9.19 Å². The van der Waals surface area contributed by atoms with E-state index in [-0.39, 0.29) is 24.7 Å². The molecule has 3 heterocycles. The second-order valence-corrected chi connectivity index (χ2v) is 7.97. The summed E-state index contributed by atoms with van der Waals surface area (Å²) in [4.78, 5) is 13.6. The molecule has 2 aromatic rings. The number of hydrogen-bond acceptors (Lipinski definition) is 7. The molecule has 1 saturated heterocycles. The molecule has 0 aromatic carbocycles. The third-order valence-corrected chi connectivity index (χ3v) is 5.51. The van der Waals surface area contributed by atoms with Gasteiger partial charge in [-0.2, -0.15) is 14.3 Å². The van der Waals surface area contributed by atoms with Gasteiger partial charge in [-0.3, -0.25) is 4.55 Å². The zero-order valence-corrected chi connectivity index (χ0v) is 16.6. The predicted molar refractivity (Wildman–Crippen MR) is 105 cm³/mol. The lowest BCUT2D eigenvalue weighted by molar-refractivity contribution is 0.271.